The molecule has 1 N–H and O–H groups in total. The number of anilines is 1. The van der Waals surface area contributed by atoms with E-state index in [0.29, 0.717) is 18.5 Å². The van der Waals surface area contributed by atoms with E-state index in [1.165, 1.54) is 17.6 Å². The largest absolute Gasteiger partial charge is 0.479 e. The monoisotopic (exact) mass is 380 g/mol. The Labute approximate surface area is 164 Å². The van der Waals surface area contributed by atoms with Crippen LogP contribution in [-0.4, -0.2) is 51.5 Å². The van der Waals surface area contributed by atoms with Gasteiger partial charge in [0.15, 0.2) is 6.04 Å². The van der Waals surface area contributed by atoms with Crippen molar-refractivity contribution in [1.82, 2.24) is 14.9 Å². The van der Waals surface area contributed by atoms with Crippen LogP contribution in [0, 0.1) is 6.92 Å². The van der Waals surface area contributed by atoms with Gasteiger partial charge in [0.05, 0.1) is 0 Å². The van der Waals surface area contributed by atoms with Gasteiger partial charge in [-0.15, -0.1) is 0 Å². The molecule has 7 nitrogen and oxygen atoms in total. The van der Waals surface area contributed by atoms with Crippen LogP contribution >= 0.6 is 0 Å². The first-order valence-corrected chi connectivity index (χ1v) is 9.75. The summed E-state index contributed by atoms with van der Waals surface area (Å²) in [6.45, 7) is 4.17. The predicted octanol–water partition coefficient (Wildman–Crippen LogP) is 2.60. The molecule has 1 aromatic heterocycles. The molecule has 1 saturated heterocycles. The van der Waals surface area contributed by atoms with Crippen LogP contribution in [-0.2, 0) is 11.2 Å². The van der Waals surface area contributed by atoms with Crippen molar-refractivity contribution in [2.45, 2.75) is 38.6 Å². The van der Waals surface area contributed by atoms with E-state index < -0.39 is 12.0 Å². The molecule has 4 rings (SSSR count). The van der Waals surface area contributed by atoms with Gasteiger partial charge in [-0.3, -0.25) is 4.79 Å². The minimum Gasteiger partial charge on any atom is -0.479 e. The van der Waals surface area contributed by atoms with E-state index >= 15 is 0 Å². The van der Waals surface area contributed by atoms with E-state index in [0.717, 1.165) is 42.9 Å². The Morgan fingerprint density at radius 1 is 1.11 bits per heavy atom. The summed E-state index contributed by atoms with van der Waals surface area (Å²) in [5.74, 6) is -0.649. The molecule has 1 unspecified atom stereocenters. The van der Waals surface area contributed by atoms with Crippen molar-refractivity contribution in [1.29, 1.82) is 0 Å². The molecule has 0 aliphatic carbocycles. The molecule has 146 valence electrons. The summed E-state index contributed by atoms with van der Waals surface area (Å²) in [5.41, 5.74) is 3.02. The quantitative estimate of drug-likeness (QED) is 0.881. The Morgan fingerprint density at radius 2 is 1.89 bits per heavy atom. The van der Waals surface area contributed by atoms with Gasteiger partial charge in [-0.25, -0.2) is 14.8 Å². The lowest BCUT2D eigenvalue weighted by atomic mass is 9.89. The summed E-state index contributed by atoms with van der Waals surface area (Å²) in [5, 5.41) is 9.87. The summed E-state index contributed by atoms with van der Waals surface area (Å²) in [4.78, 5) is 37.3. The third-order valence-electron chi connectivity index (χ3n) is 5.70. The van der Waals surface area contributed by atoms with Gasteiger partial charge in [-0.05, 0) is 49.3 Å². The van der Waals surface area contributed by atoms with Gasteiger partial charge in [0, 0.05) is 25.7 Å². The van der Waals surface area contributed by atoms with Gasteiger partial charge in [0.1, 0.15) is 17.8 Å². The number of benzene rings is 1. The zero-order valence-corrected chi connectivity index (χ0v) is 16.0. The highest BCUT2D eigenvalue weighted by atomic mass is 16.4. The summed E-state index contributed by atoms with van der Waals surface area (Å²) >= 11 is 0. The number of piperidine rings is 1. The topological polar surface area (TPSA) is 86.6 Å². The minimum absolute atomic E-state index is 0.248. The fourth-order valence-electron chi connectivity index (χ4n) is 4.24. The maximum atomic E-state index is 13.2. The molecule has 3 heterocycles. The lowest BCUT2D eigenvalue weighted by molar-refractivity contribution is -0.143. The number of fused-ring (bicyclic) bond motifs is 1. The van der Waals surface area contributed by atoms with Crippen molar-refractivity contribution < 1.29 is 14.7 Å². The van der Waals surface area contributed by atoms with E-state index in [2.05, 4.69) is 14.9 Å². The van der Waals surface area contributed by atoms with Crippen molar-refractivity contribution in [2.75, 3.05) is 24.5 Å². The fourth-order valence-corrected chi connectivity index (χ4v) is 4.24. The SMILES string of the molecule is Cc1cccc2c1CCN(C(=O)c1cc(N3CCCCC3)ncn1)C2C(=O)O. The number of rotatable bonds is 3. The maximum Gasteiger partial charge on any atom is 0.331 e. The first kappa shape index (κ1) is 18.4. The summed E-state index contributed by atoms with van der Waals surface area (Å²) in [6, 6.07) is 6.32. The molecule has 1 fully saturated rings. The second-order valence-corrected chi connectivity index (χ2v) is 7.44. The number of carboxylic acids is 1. The summed E-state index contributed by atoms with van der Waals surface area (Å²) in [6.07, 6.45) is 5.46. The molecule has 2 aliphatic heterocycles. The number of aliphatic carboxylic acids is 1. The molecule has 0 spiro atoms. The Morgan fingerprint density at radius 3 is 2.64 bits per heavy atom. The third-order valence-corrected chi connectivity index (χ3v) is 5.70. The zero-order chi connectivity index (χ0) is 19.7. The van der Waals surface area contributed by atoms with Crippen LogP contribution in [0.3, 0.4) is 0 Å². The van der Waals surface area contributed by atoms with Gasteiger partial charge >= 0.3 is 5.97 Å². The molecule has 7 heteroatoms. The van der Waals surface area contributed by atoms with Crippen LogP contribution < -0.4 is 4.90 Å². The Balaban J connectivity index is 1.65. The molecule has 2 aliphatic rings. The first-order chi connectivity index (χ1) is 13.6. The summed E-state index contributed by atoms with van der Waals surface area (Å²) in [7, 11) is 0. The smallest absolute Gasteiger partial charge is 0.331 e. The lowest BCUT2D eigenvalue weighted by Gasteiger charge is -2.35. The van der Waals surface area contributed by atoms with Crippen LogP contribution in [0.5, 0.6) is 0 Å². The average Bonchev–Trinajstić information content (AvgIpc) is 2.73. The van der Waals surface area contributed by atoms with Crippen molar-refractivity contribution in [3.63, 3.8) is 0 Å². The molecule has 1 amide bonds. The van der Waals surface area contributed by atoms with Gasteiger partial charge in [-0.1, -0.05) is 18.2 Å². The maximum absolute atomic E-state index is 13.2. The van der Waals surface area contributed by atoms with Crippen molar-refractivity contribution in [2.24, 2.45) is 0 Å². The van der Waals surface area contributed by atoms with Crippen molar-refractivity contribution >= 4 is 17.7 Å². The van der Waals surface area contributed by atoms with Crippen LogP contribution in [0.2, 0.25) is 0 Å². The number of carbonyl (C=O) groups excluding carboxylic acids is 1. The van der Waals surface area contributed by atoms with Gasteiger partial charge in [-0.2, -0.15) is 0 Å². The van der Waals surface area contributed by atoms with E-state index in [1.54, 1.807) is 12.1 Å². The molecular weight excluding hydrogens is 356 g/mol. The number of nitrogens with zero attached hydrogens (tertiary/aromatic N) is 4. The Bertz CT molecular complexity index is 908. The number of hydrogen-bond acceptors (Lipinski definition) is 5. The molecule has 0 saturated carbocycles. The van der Waals surface area contributed by atoms with E-state index in [4.69, 9.17) is 0 Å². The zero-order valence-electron chi connectivity index (χ0n) is 16.0. The lowest BCUT2D eigenvalue weighted by Crippen LogP contribution is -2.44. The average molecular weight is 380 g/mol. The number of carboxylic acid groups (broad SMARTS) is 1. The van der Waals surface area contributed by atoms with Crippen molar-refractivity contribution in [3.05, 3.63) is 53.0 Å². The number of aromatic nitrogens is 2. The fraction of sp³-hybridized carbons (Fsp3) is 0.429. The van der Waals surface area contributed by atoms with Crippen LogP contribution in [0.15, 0.2) is 30.6 Å². The second kappa shape index (κ2) is 7.58. The van der Waals surface area contributed by atoms with Gasteiger partial charge in [0.2, 0.25) is 0 Å². The number of hydrogen-bond donors (Lipinski definition) is 1. The second-order valence-electron chi connectivity index (χ2n) is 7.44. The number of carbonyl (C=O) groups is 2. The van der Waals surface area contributed by atoms with E-state index in [-0.39, 0.29) is 11.6 Å². The highest BCUT2D eigenvalue weighted by molar-refractivity contribution is 5.96. The Kier molecular flexibility index (Phi) is 4.98. The normalized spacial score (nSPS) is 19.2. The van der Waals surface area contributed by atoms with Crippen LogP contribution in [0.25, 0.3) is 0 Å². The third kappa shape index (κ3) is 3.32. The molecule has 1 aromatic carbocycles. The number of amides is 1. The van der Waals surface area contributed by atoms with Crippen LogP contribution in [0.1, 0.15) is 52.5 Å². The van der Waals surface area contributed by atoms with Crippen molar-refractivity contribution in [3.8, 4) is 0 Å². The first-order valence-electron chi connectivity index (χ1n) is 9.75. The van der Waals surface area contributed by atoms with Gasteiger partial charge < -0.3 is 14.9 Å². The van der Waals surface area contributed by atoms with Gasteiger partial charge in [0.25, 0.3) is 5.91 Å². The standard InChI is InChI=1S/C21H24N4O3/c1-14-6-5-7-16-15(14)8-11-25(19(16)21(27)28)20(26)17-12-18(23-13-22-17)24-9-3-2-4-10-24/h5-7,12-13,19H,2-4,8-11H2,1H3,(H,27,28). The summed E-state index contributed by atoms with van der Waals surface area (Å²) < 4.78 is 0. The van der Waals surface area contributed by atoms with Crippen LogP contribution in [0.4, 0.5) is 5.82 Å². The van der Waals surface area contributed by atoms with E-state index in [9.17, 15) is 14.7 Å². The molecule has 1 atom stereocenters. The van der Waals surface area contributed by atoms with E-state index in [1.807, 2.05) is 19.1 Å². The molecule has 0 radical (unpaired) electrons. The molecule has 28 heavy (non-hydrogen) atoms. The number of aryl methyl sites for hydroxylation is 1. The highest BCUT2D eigenvalue weighted by Gasteiger charge is 2.37. The Hall–Kier alpha value is -2.96. The molecule has 2 aromatic rings. The highest BCUT2D eigenvalue weighted by Crippen LogP contribution is 2.33. The molecular formula is C21H24N4O3. The minimum atomic E-state index is -1.02. The predicted molar refractivity (Wildman–Crippen MR) is 104 cm³/mol. The molecule has 0 bridgehead atoms.